The summed E-state index contributed by atoms with van der Waals surface area (Å²) in [6.45, 7) is 18.1. The van der Waals surface area contributed by atoms with E-state index in [1.54, 1.807) is 19.6 Å². The van der Waals surface area contributed by atoms with E-state index in [0.717, 1.165) is 41.1 Å². The summed E-state index contributed by atoms with van der Waals surface area (Å²) in [5.41, 5.74) is 10.6. The van der Waals surface area contributed by atoms with Crippen molar-refractivity contribution in [1.82, 2.24) is 0 Å². The van der Waals surface area contributed by atoms with Crippen LogP contribution in [0.4, 0.5) is 0 Å². The number of hydrogen-bond donors (Lipinski definition) is 0. The molecule has 0 unspecified atom stereocenters. The summed E-state index contributed by atoms with van der Waals surface area (Å²) >= 11 is 3.89. The molecule has 36 heavy (non-hydrogen) atoms. The number of hydrogen-bond acceptors (Lipinski definition) is 4. The Bertz CT molecular complexity index is 1650. The molecule has 0 fully saturated rings. The summed E-state index contributed by atoms with van der Waals surface area (Å²) in [4.78, 5) is 3.12. The van der Waals surface area contributed by atoms with Gasteiger partial charge in [-0.15, -0.1) is 0 Å². The molecule has 6 aromatic heterocycles. The average molecular weight is 744 g/mol. The van der Waals surface area contributed by atoms with Crippen LogP contribution in [0, 0.1) is 55.4 Å². The van der Waals surface area contributed by atoms with E-state index in [1.165, 1.54) is 43.8 Å². The van der Waals surface area contributed by atoms with Crippen LogP contribution < -0.4 is 0 Å². The van der Waals surface area contributed by atoms with Crippen molar-refractivity contribution in [3.63, 3.8) is 0 Å². The molecule has 0 saturated heterocycles. The molecule has 0 aliphatic rings. The van der Waals surface area contributed by atoms with Crippen molar-refractivity contribution in [3.8, 4) is 0 Å². The Balaban J connectivity index is 1.21. The van der Waals surface area contributed by atoms with Crippen molar-refractivity contribution in [2.24, 2.45) is 0 Å². The van der Waals surface area contributed by atoms with Gasteiger partial charge >= 0.3 is 195 Å². The SMILES string of the molecule is Cc1oc2c(C)c(CCc3sc4c(C)c(CCc5[te]c6c(C)c(C)[te]c6c5C)sc4c3C)oc2c1C. The van der Waals surface area contributed by atoms with Gasteiger partial charge in [-0.25, -0.2) is 0 Å². The van der Waals surface area contributed by atoms with E-state index in [-0.39, 0.29) is 40.9 Å². The molecular formula is C30H32O2S2Te2. The van der Waals surface area contributed by atoms with Crippen LogP contribution in [0.1, 0.15) is 61.8 Å². The van der Waals surface area contributed by atoms with Gasteiger partial charge < -0.3 is 4.42 Å². The summed E-state index contributed by atoms with van der Waals surface area (Å²) in [7, 11) is 0. The Morgan fingerprint density at radius 1 is 0.556 bits per heavy atom. The van der Waals surface area contributed by atoms with Gasteiger partial charge in [0.2, 0.25) is 0 Å². The van der Waals surface area contributed by atoms with Gasteiger partial charge in [0, 0.05) is 5.56 Å². The topological polar surface area (TPSA) is 26.3 Å². The van der Waals surface area contributed by atoms with Crippen LogP contribution in [-0.4, -0.2) is 40.9 Å². The molecule has 188 valence electrons. The molecule has 0 amide bonds. The minimum atomic E-state index is -0.128. The Morgan fingerprint density at radius 3 is 1.75 bits per heavy atom. The van der Waals surface area contributed by atoms with Crippen LogP contribution in [0.5, 0.6) is 0 Å². The first-order valence-corrected chi connectivity index (χ1v) is 18.9. The zero-order valence-electron chi connectivity index (χ0n) is 22.3. The predicted octanol–water partition coefficient (Wildman–Crippen LogP) is 8.61. The molecule has 0 atom stereocenters. The van der Waals surface area contributed by atoms with Gasteiger partial charge in [0.15, 0.2) is 11.2 Å². The maximum atomic E-state index is 6.25. The number of thiophene rings is 2. The Hall–Kier alpha value is -0.721. The van der Waals surface area contributed by atoms with Crippen LogP contribution in [-0.2, 0) is 25.7 Å². The minimum Gasteiger partial charge on any atom is -0.0326 e. The summed E-state index contributed by atoms with van der Waals surface area (Å²) in [6, 6.07) is 0. The van der Waals surface area contributed by atoms with Crippen LogP contribution in [0.2, 0.25) is 0 Å². The van der Waals surface area contributed by atoms with E-state index in [0.29, 0.717) is 0 Å². The molecule has 0 aliphatic carbocycles. The van der Waals surface area contributed by atoms with Crippen molar-refractivity contribution in [2.45, 2.75) is 81.1 Å². The van der Waals surface area contributed by atoms with E-state index in [1.807, 2.05) is 28.6 Å². The van der Waals surface area contributed by atoms with Crippen LogP contribution in [0.15, 0.2) is 8.83 Å². The van der Waals surface area contributed by atoms with Gasteiger partial charge in [-0.2, -0.15) is 0 Å². The predicted molar refractivity (Wildman–Crippen MR) is 159 cm³/mol. The second kappa shape index (κ2) is 9.48. The van der Waals surface area contributed by atoms with Gasteiger partial charge in [0.05, 0.1) is 0 Å². The average Bonchev–Trinajstić information content (AvgIpc) is 3.64. The van der Waals surface area contributed by atoms with Gasteiger partial charge in [-0.1, -0.05) is 0 Å². The Labute approximate surface area is 240 Å². The second-order valence-electron chi connectivity index (χ2n) is 10.1. The third-order valence-corrected chi connectivity index (χ3v) is 20.3. The van der Waals surface area contributed by atoms with Crippen LogP contribution >= 0.6 is 22.7 Å². The van der Waals surface area contributed by atoms with Crippen molar-refractivity contribution in [2.75, 3.05) is 0 Å². The maximum absolute atomic E-state index is 6.25. The van der Waals surface area contributed by atoms with E-state index in [9.17, 15) is 0 Å². The van der Waals surface area contributed by atoms with E-state index in [4.69, 9.17) is 8.83 Å². The van der Waals surface area contributed by atoms with Crippen LogP contribution in [0.25, 0.3) is 27.4 Å². The molecule has 6 heteroatoms. The van der Waals surface area contributed by atoms with Crippen molar-refractivity contribution in [3.05, 3.63) is 61.8 Å². The first-order chi connectivity index (χ1) is 17.2. The molecule has 6 aromatic rings. The standard InChI is InChI=1S/C30H32O2S2Te2/c1-13-19(7)31-26-15(3)21(32-25(13)26)9-10-22-16(4)27-28(33-22)17(5)23(34-27)11-12-24-18(6)30-29(36-24)14(2)20(8)35-30/h9-12H2,1-8H3. The van der Waals surface area contributed by atoms with Gasteiger partial charge in [-0.3, -0.25) is 0 Å². The van der Waals surface area contributed by atoms with Crippen molar-refractivity contribution < 1.29 is 8.83 Å². The molecule has 0 aromatic carbocycles. The first kappa shape index (κ1) is 25.6. The van der Waals surface area contributed by atoms with E-state index >= 15 is 0 Å². The molecule has 6 heterocycles. The third-order valence-electron chi connectivity index (χ3n) is 7.96. The fourth-order valence-electron chi connectivity index (χ4n) is 5.25. The van der Waals surface area contributed by atoms with Crippen molar-refractivity contribution in [1.29, 1.82) is 0 Å². The van der Waals surface area contributed by atoms with Crippen molar-refractivity contribution >= 4 is 90.9 Å². The fraction of sp³-hybridized carbons (Fsp3) is 0.400. The molecule has 0 saturated carbocycles. The zero-order chi connectivity index (χ0) is 25.5. The Kier molecular flexibility index (Phi) is 6.73. The molecule has 0 bridgehead atoms. The number of furan rings is 2. The van der Waals surface area contributed by atoms with Crippen LogP contribution in [0.3, 0.4) is 0 Å². The monoisotopic (exact) mass is 748 g/mol. The molecular weight excluding hydrogens is 712 g/mol. The fourth-order valence-corrected chi connectivity index (χ4v) is 17.6. The second-order valence-corrected chi connectivity index (χ2v) is 19.0. The normalized spacial score (nSPS) is 12.3. The zero-order valence-corrected chi connectivity index (χ0v) is 28.6. The molecule has 6 rings (SSSR count). The van der Waals surface area contributed by atoms with Gasteiger partial charge in [0.25, 0.3) is 0 Å². The molecule has 0 spiro atoms. The first-order valence-electron chi connectivity index (χ1n) is 12.6. The summed E-state index contributed by atoms with van der Waals surface area (Å²) < 4.78 is 22.5. The number of aryl methyl sites for hydroxylation is 12. The summed E-state index contributed by atoms with van der Waals surface area (Å²) in [5.74, 6) is 2.04. The number of rotatable bonds is 6. The summed E-state index contributed by atoms with van der Waals surface area (Å²) in [5, 5.41) is 0. The number of fused-ring (bicyclic) bond motifs is 3. The molecule has 0 aliphatic heterocycles. The summed E-state index contributed by atoms with van der Waals surface area (Å²) in [6.07, 6.45) is 4.46. The quantitative estimate of drug-likeness (QED) is 0.160. The van der Waals surface area contributed by atoms with Gasteiger partial charge in [-0.05, 0) is 20.8 Å². The minimum absolute atomic E-state index is 0.0613. The van der Waals surface area contributed by atoms with E-state index < -0.39 is 0 Å². The van der Waals surface area contributed by atoms with Gasteiger partial charge in [0.1, 0.15) is 5.76 Å². The molecule has 0 radical (unpaired) electrons. The molecule has 2 nitrogen and oxygen atoms in total. The van der Waals surface area contributed by atoms with E-state index in [2.05, 4.69) is 59.8 Å². The third kappa shape index (κ3) is 3.99. The Morgan fingerprint density at radius 2 is 1.14 bits per heavy atom. The molecule has 0 N–H and O–H groups in total. The smallest absolute Gasteiger partial charge is 0.0326 e.